The summed E-state index contributed by atoms with van der Waals surface area (Å²) in [6, 6.07) is 10.8. The Balaban J connectivity index is 2.14. The largest absolute Gasteiger partial charge is 0.398 e. The molecule has 0 spiro atoms. The summed E-state index contributed by atoms with van der Waals surface area (Å²) < 4.78 is 4.88. The van der Waals surface area contributed by atoms with Gasteiger partial charge in [0.15, 0.2) is 0 Å². The Morgan fingerprint density at radius 1 is 1.06 bits per heavy atom. The van der Waals surface area contributed by atoms with E-state index in [4.69, 9.17) is 21.6 Å². The van der Waals surface area contributed by atoms with Crippen molar-refractivity contribution < 1.29 is 19.1 Å². The predicted molar refractivity (Wildman–Crippen MR) is 124 cm³/mol. The molecule has 0 bridgehead atoms. The van der Waals surface area contributed by atoms with Crippen LogP contribution in [0.25, 0.3) is 5.70 Å². The van der Waals surface area contributed by atoms with Gasteiger partial charge in [-0.3, -0.25) is 19.8 Å². The second-order valence-corrected chi connectivity index (χ2v) is 7.17. The maximum absolute atomic E-state index is 12.5. The van der Waals surface area contributed by atoms with Crippen molar-refractivity contribution in [3.05, 3.63) is 70.8 Å². The minimum Gasteiger partial charge on any atom is -0.398 e. The smallest absolute Gasteiger partial charge is 0.253 e. The molecule has 168 valence electrons. The number of carbonyl (C=O) groups is 3. The van der Waals surface area contributed by atoms with Gasteiger partial charge in [0.1, 0.15) is 5.71 Å². The molecule has 0 aliphatic carbocycles. The van der Waals surface area contributed by atoms with E-state index >= 15 is 0 Å². The molecule has 0 unspecified atom stereocenters. The first-order valence-electron chi connectivity index (χ1n) is 9.74. The fraction of sp³-hybridized carbons (Fsp3) is 0.217. The summed E-state index contributed by atoms with van der Waals surface area (Å²) in [5.41, 5.74) is 13.4. The third kappa shape index (κ3) is 6.02. The van der Waals surface area contributed by atoms with Gasteiger partial charge in [0, 0.05) is 61.9 Å². The topological polar surface area (TPSA) is 152 Å². The van der Waals surface area contributed by atoms with Crippen LogP contribution in [-0.2, 0) is 9.53 Å². The first-order valence-corrected chi connectivity index (χ1v) is 9.74. The van der Waals surface area contributed by atoms with Gasteiger partial charge in [-0.2, -0.15) is 0 Å². The van der Waals surface area contributed by atoms with Gasteiger partial charge >= 0.3 is 0 Å². The molecule has 0 atom stereocenters. The van der Waals surface area contributed by atoms with Gasteiger partial charge in [-0.05, 0) is 35.9 Å². The lowest BCUT2D eigenvalue weighted by molar-refractivity contribution is -0.108. The number of benzene rings is 2. The number of rotatable bonds is 9. The number of carbonyl (C=O) groups excluding carboxylic acids is 3. The Hall–Kier alpha value is -3.98. The minimum absolute atomic E-state index is 0.126. The van der Waals surface area contributed by atoms with Gasteiger partial charge in [-0.25, -0.2) is 0 Å². The minimum atomic E-state index is -0.639. The van der Waals surface area contributed by atoms with Gasteiger partial charge in [0.2, 0.25) is 5.78 Å². The number of nitrogen functional groups attached to an aromatic ring is 1. The lowest BCUT2D eigenvalue weighted by Gasteiger charge is -2.11. The molecular weight excluding hydrogens is 410 g/mol. The van der Waals surface area contributed by atoms with Crippen LogP contribution in [0.15, 0.2) is 48.5 Å². The zero-order valence-corrected chi connectivity index (χ0v) is 18.3. The molecule has 2 rings (SSSR count). The molecule has 0 aliphatic heterocycles. The van der Waals surface area contributed by atoms with Crippen LogP contribution < -0.4 is 16.8 Å². The van der Waals surface area contributed by atoms with Crippen molar-refractivity contribution in [2.45, 2.75) is 0 Å². The van der Waals surface area contributed by atoms with Gasteiger partial charge in [0.05, 0.1) is 6.61 Å². The van der Waals surface area contributed by atoms with Crippen LogP contribution in [0.5, 0.6) is 0 Å². The number of anilines is 1. The van der Waals surface area contributed by atoms with E-state index < -0.39 is 5.78 Å². The molecule has 6 N–H and O–H groups in total. The summed E-state index contributed by atoms with van der Waals surface area (Å²) in [5.74, 6) is -1.12. The molecule has 0 fully saturated rings. The molecule has 0 aromatic heterocycles. The predicted octanol–water partition coefficient (Wildman–Crippen LogP) is 1.28. The van der Waals surface area contributed by atoms with Crippen molar-refractivity contribution in [2.24, 2.45) is 5.73 Å². The summed E-state index contributed by atoms with van der Waals surface area (Å²) >= 11 is 0. The third-order valence-electron chi connectivity index (χ3n) is 4.58. The fourth-order valence-corrected chi connectivity index (χ4v) is 2.79. The van der Waals surface area contributed by atoms with Crippen molar-refractivity contribution in [3.63, 3.8) is 0 Å². The highest BCUT2D eigenvalue weighted by Crippen LogP contribution is 2.17. The van der Waals surface area contributed by atoms with E-state index in [1.54, 1.807) is 38.4 Å². The van der Waals surface area contributed by atoms with Crippen LogP contribution in [0.2, 0.25) is 0 Å². The highest BCUT2D eigenvalue weighted by atomic mass is 16.5. The van der Waals surface area contributed by atoms with Gasteiger partial charge in [0.25, 0.3) is 11.8 Å². The number of nitrogens with zero attached hydrogens (tertiary/aromatic N) is 1. The standard InChI is InChI=1S/C23H27N5O4/c1-28(2)23(31)15-6-4-14(5-7-15)18(24)13-20(29)21(26)17-9-8-16(12-19(17)25)22(30)27-10-11-32-3/h4-9,12-13,26H,10-11,24-25H2,1-3H3,(H,27,30)/b18-13-,26-21?. The maximum atomic E-state index is 12.5. The number of amides is 2. The van der Waals surface area contributed by atoms with Crippen LogP contribution in [0.3, 0.4) is 0 Å². The highest BCUT2D eigenvalue weighted by molar-refractivity contribution is 6.50. The number of nitrogens with two attached hydrogens (primary N) is 2. The Bertz CT molecular complexity index is 1060. The normalized spacial score (nSPS) is 11.0. The Labute approximate surface area is 186 Å². The van der Waals surface area contributed by atoms with E-state index in [1.807, 2.05) is 0 Å². The lowest BCUT2D eigenvalue weighted by atomic mass is 10.0. The van der Waals surface area contributed by atoms with Gasteiger partial charge < -0.3 is 26.4 Å². The third-order valence-corrected chi connectivity index (χ3v) is 4.58. The van der Waals surface area contributed by atoms with Crippen molar-refractivity contribution in [1.29, 1.82) is 5.41 Å². The molecule has 0 radical (unpaired) electrons. The molecule has 0 heterocycles. The quantitative estimate of drug-likeness (QED) is 0.201. The molecule has 9 heteroatoms. The fourth-order valence-electron chi connectivity index (χ4n) is 2.79. The van der Waals surface area contributed by atoms with E-state index in [2.05, 4.69) is 5.32 Å². The second kappa shape index (κ2) is 10.9. The van der Waals surface area contributed by atoms with E-state index in [-0.39, 0.29) is 34.5 Å². The summed E-state index contributed by atoms with van der Waals surface area (Å²) in [7, 11) is 4.84. The zero-order chi connectivity index (χ0) is 23.8. The average molecular weight is 438 g/mol. The number of ether oxygens (including phenoxy) is 1. The highest BCUT2D eigenvalue weighted by Gasteiger charge is 2.16. The lowest BCUT2D eigenvalue weighted by Crippen LogP contribution is -2.27. The Morgan fingerprint density at radius 3 is 2.22 bits per heavy atom. The van der Waals surface area contributed by atoms with E-state index in [0.29, 0.717) is 29.8 Å². The first kappa shape index (κ1) is 24.3. The average Bonchev–Trinajstić information content (AvgIpc) is 2.78. The van der Waals surface area contributed by atoms with Crippen molar-refractivity contribution in [2.75, 3.05) is 40.1 Å². The van der Waals surface area contributed by atoms with Crippen LogP contribution >= 0.6 is 0 Å². The first-order chi connectivity index (χ1) is 15.1. The molecule has 2 aromatic carbocycles. The monoisotopic (exact) mass is 437 g/mol. The number of hydrogen-bond acceptors (Lipinski definition) is 7. The molecule has 0 saturated heterocycles. The molecular formula is C23H27N5O4. The molecule has 32 heavy (non-hydrogen) atoms. The van der Waals surface area contributed by atoms with Crippen molar-refractivity contribution >= 4 is 34.7 Å². The second-order valence-electron chi connectivity index (χ2n) is 7.17. The summed E-state index contributed by atoms with van der Waals surface area (Å²) in [6.07, 6.45) is 1.13. The summed E-state index contributed by atoms with van der Waals surface area (Å²) in [4.78, 5) is 38.1. The molecule has 9 nitrogen and oxygen atoms in total. The van der Waals surface area contributed by atoms with Crippen molar-refractivity contribution in [1.82, 2.24) is 10.2 Å². The zero-order valence-electron chi connectivity index (χ0n) is 18.3. The van der Waals surface area contributed by atoms with E-state index in [1.165, 1.54) is 30.2 Å². The Morgan fingerprint density at radius 2 is 1.66 bits per heavy atom. The number of methoxy groups -OCH3 is 1. The maximum Gasteiger partial charge on any atom is 0.253 e. The number of hydrogen-bond donors (Lipinski definition) is 4. The molecule has 2 amide bonds. The molecule has 2 aromatic rings. The number of ketones is 1. The van der Waals surface area contributed by atoms with Crippen LogP contribution in [-0.4, -0.2) is 62.6 Å². The van der Waals surface area contributed by atoms with Crippen LogP contribution in [0, 0.1) is 5.41 Å². The Kier molecular flexibility index (Phi) is 8.25. The van der Waals surface area contributed by atoms with Crippen molar-refractivity contribution in [3.8, 4) is 0 Å². The summed E-state index contributed by atoms with van der Waals surface area (Å²) in [6.45, 7) is 0.723. The number of allylic oxidation sites excluding steroid dienone is 1. The van der Waals surface area contributed by atoms with E-state index in [0.717, 1.165) is 6.08 Å². The van der Waals surface area contributed by atoms with Gasteiger partial charge in [-0.15, -0.1) is 0 Å². The molecule has 0 saturated carbocycles. The number of nitrogens with one attached hydrogen (secondary N) is 2. The SMILES string of the molecule is COCCNC(=O)c1ccc(C(=N)C(=O)/C=C(\N)c2ccc(C(=O)N(C)C)cc2)c(N)c1. The van der Waals surface area contributed by atoms with Gasteiger partial charge in [-0.1, -0.05) is 12.1 Å². The summed E-state index contributed by atoms with van der Waals surface area (Å²) in [5, 5.41) is 10.9. The van der Waals surface area contributed by atoms with Crippen LogP contribution in [0.1, 0.15) is 31.8 Å². The van der Waals surface area contributed by atoms with E-state index in [9.17, 15) is 14.4 Å². The van der Waals surface area contributed by atoms with Crippen LogP contribution in [0.4, 0.5) is 5.69 Å². The molecule has 0 aliphatic rings.